The quantitative estimate of drug-likeness (QED) is 0.500. The van der Waals surface area contributed by atoms with Gasteiger partial charge in [0.25, 0.3) is 5.69 Å². The molecule has 0 aliphatic carbocycles. The van der Waals surface area contributed by atoms with Crippen molar-refractivity contribution in [2.75, 3.05) is 0 Å². The number of carbonyl (C=O) groups is 1. The Morgan fingerprint density at radius 3 is 2.54 bits per heavy atom. The summed E-state index contributed by atoms with van der Waals surface area (Å²) in [5, 5.41) is 18.7. The van der Waals surface area contributed by atoms with Gasteiger partial charge in [-0.1, -0.05) is 6.07 Å². The van der Waals surface area contributed by atoms with E-state index in [9.17, 15) is 14.9 Å². The van der Waals surface area contributed by atoms with Crippen molar-refractivity contribution in [1.82, 2.24) is 0 Å². The van der Waals surface area contributed by atoms with Gasteiger partial charge in [-0.2, -0.15) is 0 Å². The topological polar surface area (TPSA) is 80.4 Å². The number of carboxylic acid groups (broad SMARTS) is 1. The van der Waals surface area contributed by atoms with Gasteiger partial charge in [-0.15, -0.1) is 0 Å². The molecule has 0 aliphatic heterocycles. The average molecular weight is 304 g/mol. The van der Waals surface area contributed by atoms with Crippen LogP contribution in [0, 0.1) is 10.1 Å². The van der Waals surface area contributed by atoms with E-state index in [1.807, 2.05) is 0 Å². The summed E-state index contributed by atoms with van der Waals surface area (Å²) < 4.78 is 0. The van der Waals surface area contributed by atoms with Gasteiger partial charge in [0.15, 0.2) is 0 Å². The van der Waals surface area contributed by atoms with Crippen LogP contribution in [0.5, 0.6) is 0 Å². The Morgan fingerprint density at radius 2 is 2.08 bits per heavy atom. The molecule has 2 radical (unpaired) electrons. The van der Waals surface area contributed by atoms with Gasteiger partial charge >= 0.3 is 5.97 Å². The molecule has 1 aromatic carbocycles. The standard InChI is InChI=1S/C7H5NO4.Ba/c9-7(10)5-2-1-3-6(4-5)8(11)12;/h1-4H,(H,9,10);. The van der Waals surface area contributed by atoms with Crippen LogP contribution in [0.4, 0.5) is 5.69 Å². The van der Waals surface area contributed by atoms with Gasteiger partial charge < -0.3 is 5.11 Å². The molecule has 0 unspecified atom stereocenters. The number of non-ortho nitro benzene ring substituents is 1. The largest absolute Gasteiger partial charge is 0.478 e. The van der Waals surface area contributed by atoms with Gasteiger partial charge in [0.05, 0.1) is 10.5 Å². The number of aromatic carboxylic acids is 1. The van der Waals surface area contributed by atoms with Crippen LogP contribution in [-0.4, -0.2) is 64.9 Å². The van der Waals surface area contributed by atoms with Gasteiger partial charge in [0, 0.05) is 61.0 Å². The smallest absolute Gasteiger partial charge is 0.335 e. The Hall–Kier alpha value is -0.339. The van der Waals surface area contributed by atoms with Gasteiger partial charge in [-0.05, 0) is 6.07 Å². The van der Waals surface area contributed by atoms with Crippen molar-refractivity contribution in [3.05, 3.63) is 39.9 Å². The van der Waals surface area contributed by atoms with Crippen molar-refractivity contribution in [1.29, 1.82) is 0 Å². The summed E-state index contributed by atoms with van der Waals surface area (Å²) >= 11 is 0. The number of nitro groups is 1. The zero-order chi connectivity index (χ0) is 9.14. The third kappa shape index (κ3) is 3.49. The molecule has 64 valence electrons. The SMILES string of the molecule is O=C(O)c1cccc([N+](=O)[O-])c1.[Ba]. The predicted octanol–water partition coefficient (Wildman–Crippen LogP) is 0.912. The Bertz CT molecular complexity index is 310. The molecule has 6 heteroatoms. The summed E-state index contributed by atoms with van der Waals surface area (Å²) in [5.41, 5.74) is -0.292. The number of benzene rings is 1. The summed E-state index contributed by atoms with van der Waals surface area (Å²) in [6.45, 7) is 0. The second-order valence-electron chi connectivity index (χ2n) is 2.11. The van der Waals surface area contributed by atoms with E-state index in [-0.39, 0.29) is 60.1 Å². The first kappa shape index (κ1) is 12.7. The Kier molecular flexibility index (Phi) is 5.26. The molecule has 5 nitrogen and oxygen atoms in total. The maximum atomic E-state index is 10.4. The fraction of sp³-hybridized carbons (Fsp3) is 0. The number of nitrogens with zero attached hydrogens (tertiary/aromatic N) is 1. The number of nitro benzene ring substituents is 1. The van der Waals surface area contributed by atoms with Crippen LogP contribution < -0.4 is 0 Å². The van der Waals surface area contributed by atoms with E-state index >= 15 is 0 Å². The molecule has 1 N–H and O–H groups in total. The third-order valence-electron chi connectivity index (χ3n) is 1.30. The molecule has 0 spiro atoms. The van der Waals surface area contributed by atoms with Crippen LogP contribution in [0.1, 0.15) is 10.4 Å². The summed E-state index contributed by atoms with van der Waals surface area (Å²) in [7, 11) is 0. The molecule has 0 heterocycles. The third-order valence-corrected chi connectivity index (χ3v) is 1.30. The van der Waals surface area contributed by atoms with Crippen LogP contribution >= 0.6 is 0 Å². The first-order chi connectivity index (χ1) is 5.61. The van der Waals surface area contributed by atoms with Crippen LogP contribution in [-0.2, 0) is 0 Å². The van der Waals surface area contributed by atoms with Crippen molar-refractivity contribution in [3.8, 4) is 0 Å². The monoisotopic (exact) mass is 305 g/mol. The minimum Gasteiger partial charge on any atom is -0.478 e. The zero-order valence-corrected chi connectivity index (χ0v) is 11.1. The molecule has 0 atom stereocenters. The van der Waals surface area contributed by atoms with Crippen LogP contribution in [0.25, 0.3) is 0 Å². The molecule has 0 amide bonds. The summed E-state index contributed by atoms with van der Waals surface area (Å²) in [5.74, 6) is -1.17. The van der Waals surface area contributed by atoms with E-state index in [0.717, 1.165) is 6.07 Å². The maximum absolute atomic E-state index is 10.4. The molecule has 1 aromatic rings. The molecular weight excluding hydrogens is 299 g/mol. The second-order valence-corrected chi connectivity index (χ2v) is 2.11. The van der Waals surface area contributed by atoms with Crippen molar-refractivity contribution in [2.45, 2.75) is 0 Å². The van der Waals surface area contributed by atoms with Crippen molar-refractivity contribution < 1.29 is 14.8 Å². The first-order valence-corrected chi connectivity index (χ1v) is 3.09. The van der Waals surface area contributed by atoms with Gasteiger partial charge in [0.2, 0.25) is 0 Å². The summed E-state index contributed by atoms with van der Waals surface area (Å²) in [6, 6.07) is 4.89. The van der Waals surface area contributed by atoms with E-state index in [4.69, 9.17) is 5.11 Å². The minimum atomic E-state index is -1.17. The van der Waals surface area contributed by atoms with Gasteiger partial charge in [-0.25, -0.2) is 4.79 Å². The van der Waals surface area contributed by atoms with E-state index in [1.165, 1.54) is 18.2 Å². The number of hydrogen-bond donors (Lipinski definition) is 1. The average Bonchev–Trinajstić information content (AvgIpc) is 2.04. The van der Waals surface area contributed by atoms with Crippen LogP contribution in [0.3, 0.4) is 0 Å². The molecular formula is C7H5BaNO4. The summed E-state index contributed by atoms with van der Waals surface area (Å²) in [6.07, 6.45) is 0. The fourth-order valence-electron chi connectivity index (χ4n) is 0.753. The van der Waals surface area contributed by atoms with Crippen molar-refractivity contribution in [2.24, 2.45) is 0 Å². The summed E-state index contributed by atoms with van der Waals surface area (Å²) in [4.78, 5) is 19.9. The molecule has 0 saturated carbocycles. The second kappa shape index (κ2) is 5.40. The van der Waals surface area contributed by atoms with Crippen molar-refractivity contribution >= 4 is 60.5 Å². The molecule has 0 saturated heterocycles. The number of carboxylic acids is 1. The van der Waals surface area contributed by atoms with E-state index in [0.29, 0.717) is 0 Å². The van der Waals surface area contributed by atoms with E-state index in [1.54, 1.807) is 0 Å². The minimum absolute atomic E-state index is 0. The predicted molar refractivity (Wildman–Crippen MR) is 45.8 cm³/mol. The maximum Gasteiger partial charge on any atom is 0.335 e. The molecule has 0 aliphatic rings. The van der Waals surface area contributed by atoms with Crippen molar-refractivity contribution in [3.63, 3.8) is 0 Å². The Balaban J connectivity index is 0.00000144. The van der Waals surface area contributed by atoms with Gasteiger partial charge in [-0.3, -0.25) is 10.1 Å². The molecule has 0 aromatic heterocycles. The van der Waals surface area contributed by atoms with Gasteiger partial charge in [0.1, 0.15) is 0 Å². The fourth-order valence-corrected chi connectivity index (χ4v) is 0.753. The number of rotatable bonds is 2. The molecule has 0 fully saturated rings. The molecule has 13 heavy (non-hydrogen) atoms. The zero-order valence-electron chi connectivity index (χ0n) is 6.64. The Labute approximate surface area is 114 Å². The molecule has 0 bridgehead atoms. The van der Waals surface area contributed by atoms with E-state index < -0.39 is 10.9 Å². The van der Waals surface area contributed by atoms with Crippen LogP contribution in [0.15, 0.2) is 24.3 Å². The number of hydrogen-bond acceptors (Lipinski definition) is 3. The van der Waals surface area contributed by atoms with E-state index in [2.05, 4.69) is 0 Å². The first-order valence-electron chi connectivity index (χ1n) is 3.09. The normalized spacial score (nSPS) is 8.62. The molecule has 1 rings (SSSR count). The Morgan fingerprint density at radius 1 is 1.46 bits per heavy atom. The van der Waals surface area contributed by atoms with Crippen LogP contribution in [0.2, 0.25) is 0 Å².